The maximum atomic E-state index is 10.4. The van der Waals surface area contributed by atoms with Crippen LogP contribution in [0.2, 0.25) is 0 Å². The van der Waals surface area contributed by atoms with E-state index in [1.54, 1.807) is 0 Å². The number of aliphatic hydroxyl groups excluding tert-OH is 1. The third-order valence-corrected chi connectivity index (χ3v) is 2.05. The van der Waals surface area contributed by atoms with Gasteiger partial charge in [0.05, 0.1) is 6.61 Å². The largest absolute Gasteiger partial charge is 0.395 e. The Hall–Kier alpha value is -0.410. The first kappa shape index (κ1) is 7.69. The molecule has 0 saturated heterocycles. The van der Waals surface area contributed by atoms with Gasteiger partial charge < -0.3 is 15.6 Å². The minimum absolute atomic E-state index is 0.0183. The Morgan fingerprint density at radius 3 is 2.60 bits per heavy atom. The van der Waals surface area contributed by atoms with Gasteiger partial charge in [0, 0.05) is 11.5 Å². The maximum absolute atomic E-state index is 10.4. The Balaban J connectivity index is 2.30. The van der Waals surface area contributed by atoms with Crippen molar-refractivity contribution in [2.24, 2.45) is 11.1 Å². The minimum Gasteiger partial charge on any atom is -0.395 e. The predicted molar refractivity (Wildman–Crippen MR) is 37.4 cm³/mol. The van der Waals surface area contributed by atoms with Crippen molar-refractivity contribution in [3.63, 3.8) is 0 Å². The second-order valence-corrected chi connectivity index (χ2v) is 3.13. The highest BCUT2D eigenvalue weighted by molar-refractivity contribution is 5.63. The first-order chi connectivity index (χ1) is 4.72. The molecule has 0 bridgehead atoms. The van der Waals surface area contributed by atoms with Crippen molar-refractivity contribution in [2.45, 2.75) is 25.3 Å². The summed E-state index contributed by atoms with van der Waals surface area (Å²) in [5.74, 6) is 0. The Bertz CT molecular complexity index is 132. The molecule has 3 heteroatoms. The number of aliphatic hydroxyl groups is 1. The van der Waals surface area contributed by atoms with Crippen molar-refractivity contribution in [1.29, 1.82) is 0 Å². The molecular formula is C7H13NO2. The van der Waals surface area contributed by atoms with Crippen LogP contribution in [-0.2, 0) is 4.79 Å². The van der Waals surface area contributed by atoms with Crippen molar-refractivity contribution >= 4 is 6.29 Å². The molecular weight excluding hydrogens is 130 g/mol. The summed E-state index contributed by atoms with van der Waals surface area (Å²) in [7, 11) is 0. The Kier molecular flexibility index (Phi) is 2.06. The van der Waals surface area contributed by atoms with Crippen LogP contribution in [0.5, 0.6) is 0 Å². The fourth-order valence-corrected chi connectivity index (χ4v) is 1.12. The molecule has 10 heavy (non-hydrogen) atoms. The van der Waals surface area contributed by atoms with Gasteiger partial charge in [-0.3, -0.25) is 0 Å². The number of hydrogen-bond donors (Lipinski definition) is 2. The van der Waals surface area contributed by atoms with Crippen LogP contribution in [0.25, 0.3) is 0 Å². The summed E-state index contributed by atoms with van der Waals surface area (Å²) < 4.78 is 0. The van der Waals surface area contributed by atoms with Crippen LogP contribution < -0.4 is 5.73 Å². The van der Waals surface area contributed by atoms with Crippen LogP contribution in [0.4, 0.5) is 0 Å². The van der Waals surface area contributed by atoms with E-state index in [1.165, 1.54) is 0 Å². The minimum atomic E-state index is -0.215. The van der Waals surface area contributed by atoms with Crippen LogP contribution in [0.15, 0.2) is 0 Å². The quantitative estimate of drug-likeness (QED) is 0.530. The molecule has 1 aliphatic rings. The van der Waals surface area contributed by atoms with Crippen molar-refractivity contribution in [3.05, 3.63) is 0 Å². The third-order valence-electron chi connectivity index (χ3n) is 2.05. The Morgan fingerprint density at radius 2 is 2.30 bits per heavy atom. The summed E-state index contributed by atoms with van der Waals surface area (Å²) in [6.07, 6.45) is 3.52. The first-order valence-electron chi connectivity index (χ1n) is 3.55. The van der Waals surface area contributed by atoms with E-state index in [0.29, 0.717) is 6.42 Å². The molecule has 1 aliphatic carbocycles. The second-order valence-electron chi connectivity index (χ2n) is 3.13. The molecule has 0 aromatic rings. The molecule has 0 aliphatic heterocycles. The Morgan fingerprint density at radius 1 is 1.70 bits per heavy atom. The topological polar surface area (TPSA) is 63.3 Å². The summed E-state index contributed by atoms with van der Waals surface area (Å²) in [5, 5.41) is 8.58. The van der Waals surface area contributed by atoms with Gasteiger partial charge in [0.15, 0.2) is 0 Å². The second kappa shape index (κ2) is 2.68. The summed E-state index contributed by atoms with van der Waals surface area (Å²) in [5.41, 5.74) is 5.32. The Labute approximate surface area is 60.2 Å². The summed E-state index contributed by atoms with van der Waals surface area (Å²) in [4.78, 5) is 10.4. The molecule has 1 saturated carbocycles. The van der Waals surface area contributed by atoms with E-state index in [1.807, 2.05) is 0 Å². The van der Waals surface area contributed by atoms with Gasteiger partial charge in [0.25, 0.3) is 0 Å². The molecule has 0 amide bonds. The predicted octanol–water partition coefficient (Wildman–Crippen LogP) is -0.325. The van der Waals surface area contributed by atoms with Crippen LogP contribution in [0, 0.1) is 5.41 Å². The van der Waals surface area contributed by atoms with E-state index in [0.717, 1.165) is 19.1 Å². The first-order valence-corrected chi connectivity index (χ1v) is 3.55. The standard InChI is InChI=1S/C7H13NO2/c8-6(4-9)3-7(5-10)1-2-7/h5-6,9H,1-4,8H2. The van der Waals surface area contributed by atoms with Crippen LogP contribution in [0.3, 0.4) is 0 Å². The fourth-order valence-electron chi connectivity index (χ4n) is 1.12. The van der Waals surface area contributed by atoms with Crippen molar-refractivity contribution in [1.82, 2.24) is 0 Å². The van der Waals surface area contributed by atoms with Gasteiger partial charge in [-0.2, -0.15) is 0 Å². The van der Waals surface area contributed by atoms with Crippen molar-refractivity contribution < 1.29 is 9.90 Å². The zero-order valence-corrected chi connectivity index (χ0v) is 5.92. The van der Waals surface area contributed by atoms with Gasteiger partial charge in [-0.15, -0.1) is 0 Å². The number of nitrogens with two attached hydrogens (primary N) is 1. The number of carbonyl (C=O) groups excluding carboxylic acids is 1. The summed E-state index contributed by atoms with van der Waals surface area (Å²) >= 11 is 0. The molecule has 3 N–H and O–H groups in total. The maximum Gasteiger partial charge on any atom is 0.126 e. The fraction of sp³-hybridized carbons (Fsp3) is 0.857. The molecule has 3 nitrogen and oxygen atoms in total. The van der Waals surface area contributed by atoms with E-state index < -0.39 is 0 Å². The molecule has 0 aromatic heterocycles. The third kappa shape index (κ3) is 1.55. The number of aldehydes is 1. The van der Waals surface area contributed by atoms with E-state index in [2.05, 4.69) is 0 Å². The van der Waals surface area contributed by atoms with Crippen molar-refractivity contribution in [3.8, 4) is 0 Å². The molecule has 58 valence electrons. The molecule has 0 heterocycles. The molecule has 0 radical (unpaired) electrons. The van der Waals surface area contributed by atoms with Crippen LogP contribution >= 0.6 is 0 Å². The van der Waals surface area contributed by atoms with E-state index >= 15 is 0 Å². The lowest BCUT2D eigenvalue weighted by atomic mass is 10.00. The molecule has 1 atom stereocenters. The normalized spacial score (nSPS) is 23.8. The van der Waals surface area contributed by atoms with Gasteiger partial charge in [-0.1, -0.05) is 0 Å². The zero-order chi connectivity index (χ0) is 7.61. The molecule has 1 fully saturated rings. The number of hydrogen-bond acceptors (Lipinski definition) is 3. The highest BCUT2D eigenvalue weighted by atomic mass is 16.3. The van der Waals surface area contributed by atoms with E-state index in [9.17, 15) is 4.79 Å². The number of carbonyl (C=O) groups is 1. The van der Waals surface area contributed by atoms with E-state index in [4.69, 9.17) is 10.8 Å². The van der Waals surface area contributed by atoms with Crippen LogP contribution in [-0.4, -0.2) is 24.0 Å². The lowest BCUT2D eigenvalue weighted by molar-refractivity contribution is -0.112. The molecule has 1 rings (SSSR count). The van der Waals surface area contributed by atoms with Gasteiger partial charge in [0.2, 0.25) is 0 Å². The molecule has 0 spiro atoms. The monoisotopic (exact) mass is 143 g/mol. The smallest absolute Gasteiger partial charge is 0.126 e. The van der Waals surface area contributed by atoms with Crippen molar-refractivity contribution in [2.75, 3.05) is 6.61 Å². The van der Waals surface area contributed by atoms with Gasteiger partial charge in [-0.05, 0) is 19.3 Å². The number of rotatable bonds is 4. The molecule has 0 aromatic carbocycles. The average molecular weight is 143 g/mol. The van der Waals surface area contributed by atoms with E-state index in [-0.39, 0.29) is 18.1 Å². The van der Waals surface area contributed by atoms with Gasteiger partial charge >= 0.3 is 0 Å². The van der Waals surface area contributed by atoms with Crippen LogP contribution in [0.1, 0.15) is 19.3 Å². The van der Waals surface area contributed by atoms with Gasteiger partial charge in [-0.25, -0.2) is 0 Å². The lowest BCUT2D eigenvalue weighted by Crippen LogP contribution is -2.28. The SMILES string of the molecule is NC(CO)CC1(C=O)CC1. The molecule has 1 unspecified atom stereocenters. The zero-order valence-electron chi connectivity index (χ0n) is 5.92. The highest BCUT2D eigenvalue weighted by Crippen LogP contribution is 2.47. The summed E-state index contributed by atoms with van der Waals surface area (Å²) in [6, 6.07) is -0.215. The van der Waals surface area contributed by atoms with Gasteiger partial charge in [0.1, 0.15) is 6.29 Å². The summed E-state index contributed by atoms with van der Waals surface area (Å²) in [6.45, 7) is -0.0183. The highest BCUT2D eigenvalue weighted by Gasteiger charge is 2.43. The average Bonchev–Trinajstić information content (AvgIpc) is 2.70. The lowest BCUT2D eigenvalue weighted by Gasteiger charge is -2.11.